The van der Waals surface area contributed by atoms with Crippen LogP contribution in [-0.2, 0) is 19.4 Å². The Labute approximate surface area is 77.4 Å². The van der Waals surface area contributed by atoms with Crippen LogP contribution in [0.2, 0.25) is 0 Å². The number of esters is 1. The summed E-state index contributed by atoms with van der Waals surface area (Å²) in [6.07, 6.45) is -0.0498. The van der Waals surface area contributed by atoms with E-state index in [0.29, 0.717) is 13.1 Å². The van der Waals surface area contributed by atoms with Crippen LogP contribution in [-0.4, -0.2) is 45.6 Å². The van der Waals surface area contributed by atoms with Crippen LogP contribution in [0.25, 0.3) is 0 Å². The molecule has 1 rings (SSSR count). The highest BCUT2D eigenvalue weighted by Gasteiger charge is 2.30. The maximum absolute atomic E-state index is 11.4. The highest BCUT2D eigenvalue weighted by Crippen LogP contribution is 2.10. The molecule has 5 nitrogen and oxygen atoms in total. The molecular weight excluding hydrogens is 194 g/mol. The van der Waals surface area contributed by atoms with Crippen molar-refractivity contribution in [1.82, 2.24) is 5.32 Å². The smallest absolute Gasteiger partial charge is 0.306 e. The minimum atomic E-state index is -3.09. The van der Waals surface area contributed by atoms with E-state index in [9.17, 15) is 13.2 Å². The van der Waals surface area contributed by atoms with Crippen molar-refractivity contribution in [2.24, 2.45) is 0 Å². The van der Waals surface area contributed by atoms with E-state index in [-0.39, 0.29) is 12.2 Å². The first kappa shape index (κ1) is 10.5. The molecule has 13 heavy (non-hydrogen) atoms. The Morgan fingerprint density at radius 2 is 2.31 bits per heavy atom. The third-order valence-corrected chi connectivity index (χ3v) is 4.19. The average Bonchev–Trinajstić information content (AvgIpc) is 2.08. The molecule has 1 aliphatic rings. The van der Waals surface area contributed by atoms with Gasteiger partial charge in [-0.1, -0.05) is 0 Å². The first-order valence-electron chi connectivity index (χ1n) is 4.05. The quantitative estimate of drug-likeness (QED) is 0.584. The maximum Gasteiger partial charge on any atom is 0.306 e. The lowest BCUT2D eigenvalue weighted by molar-refractivity contribution is -0.140. The van der Waals surface area contributed by atoms with Crippen molar-refractivity contribution in [3.8, 4) is 0 Å². The van der Waals surface area contributed by atoms with E-state index in [1.807, 2.05) is 0 Å². The first-order valence-corrected chi connectivity index (χ1v) is 5.77. The van der Waals surface area contributed by atoms with Gasteiger partial charge in [-0.2, -0.15) is 0 Å². The Balaban J connectivity index is 2.62. The molecule has 1 saturated heterocycles. The number of carbonyl (C=O) groups is 1. The number of hydrogen-bond donors (Lipinski definition) is 1. The highest BCUT2D eigenvalue weighted by molar-refractivity contribution is 7.92. The number of ether oxygens (including phenoxy) is 1. The molecule has 0 aromatic carbocycles. The van der Waals surface area contributed by atoms with Gasteiger partial charge in [0, 0.05) is 13.1 Å². The Morgan fingerprint density at radius 1 is 1.62 bits per heavy atom. The summed E-state index contributed by atoms with van der Waals surface area (Å²) in [5.41, 5.74) is 0. The third-order valence-electron chi connectivity index (χ3n) is 2.07. The van der Waals surface area contributed by atoms with Crippen LogP contribution in [0.4, 0.5) is 0 Å². The highest BCUT2D eigenvalue weighted by atomic mass is 32.2. The summed E-state index contributed by atoms with van der Waals surface area (Å²) >= 11 is 0. The Kier molecular flexibility index (Phi) is 3.27. The van der Waals surface area contributed by atoms with Gasteiger partial charge in [-0.3, -0.25) is 4.79 Å². The van der Waals surface area contributed by atoms with Crippen molar-refractivity contribution >= 4 is 15.8 Å². The lowest BCUT2D eigenvalue weighted by Gasteiger charge is -2.21. The molecule has 0 aromatic rings. The fourth-order valence-corrected chi connectivity index (χ4v) is 2.76. The monoisotopic (exact) mass is 207 g/mol. The van der Waals surface area contributed by atoms with Crippen LogP contribution >= 0.6 is 0 Å². The van der Waals surface area contributed by atoms with Crippen molar-refractivity contribution in [2.45, 2.75) is 11.7 Å². The van der Waals surface area contributed by atoms with Crippen molar-refractivity contribution < 1.29 is 17.9 Å². The lowest BCUT2D eigenvalue weighted by atomic mass is 10.3. The second kappa shape index (κ2) is 4.06. The fourth-order valence-electron chi connectivity index (χ4n) is 1.24. The van der Waals surface area contributed by atoms with Crippen LogP contribution in [0.15, 0.2) is 0 Å². The molecule has 1 aliphatic heterocycles. The van der Waals surface area contributed by atoms with Crippen molar-refractivity contribution in [3.63, 3.8) is 0 Å². The zero-order chi connectivity index (χ0) is 9.90. The van der Waals surface area contributed by atoms with Crippen LogP contribution in [0.1, 0.15) is 6.42 Å². The lowest BCUT2D eigenvalue weighted by Crippen LogP contribution is -2.44. The van der Waals surface area contributed by atoms with E-state index in [1.165, 1.54) is 7.11 Å². The van der Waals surface area contributed by atoms with E-state index < -0.39 is 21.1 Å². The molecule has 1 unspecified atom stereocenters. The van der Waals surface area contributed by atoms with Crippen LogP contribution < -0.4 is 5.32 Å². The fraction of sp³-hybridized carbons (Fsp3) is 0.857. The summed E-state index contributed by atoms with van der Waals surface area (Å²) in [5, 5.41) is 2.32. The first-order chi connectivity index (χ1) is 6.06. The maximum atomic E-state index is 11.4. The minimum Gasteiger partial charge on any atom is -0.469 e. The predicted octanol–water partition coefficient (Wildman–Crippen LogP) is -1.06. The third kappa shape index (κ3) is 2.67. The van der Waals surface area contributed by atoms with Gasteiger partial charge < -0.3 is 10.1 Å². The normalized spacial score (nSPS) is 26.7. The summed E-state index contributed by atoms with van der Waals surface area (Å²) in [6, 6.07) is 0. The molecule has 0 spiro atoms. The number of sulfone groups is 1. The molecule has 1 heterocycles. The average molecular weight is 207 g/mol. The molecule has 0 saturated carbocycles. The van der Waals surface area contributed by atoms with Crippen molar-refractivity contribution in [3.05, 3.63) is 0 Å². The summed E-state index contributed by atoms with van der Waals surface area (Å²) in [7, 11) is -1.84. The van der Waals surface area contributed by atoms with Gasteiger partial charge in [-0.05, 0) is 0 Å². The van der Waals surface area contributed by atoms with Gasteiger partial charge >= 0.3 is 5.97 Å². The number of hydrogen-bond acceptors (Lipinski definition) is 5. The Hall–Kier alpha value is -0.620. The molecule has 0 aromatic heterocycles. The SMILES string of the molecule is COC(=O)CC1CNCCS1(=O)=O. The van der Waals surface area contributed by atoms with E-state index in [0.717, 1.165) is 0 Å². The van der Waals surface area contributed by atoms with Gasteiger partial charge in [0.1, 0.15) is 0 Å². The topological polar surface area (TPSA) is 72.5 Å². The van der Waals surface area contributed by atoms with Gasteiger partial charge in [0.2, 0.25) is 0 Å². The van der Waals surface area contributed by atoms with Crippen LogP contribution in [0.3, 0.4) is 0 Å². The molecular formula is C7H13NO4S. The molecule has 1 fully saturated rings. The Bertz CT molecular complexity index is 285. The largest absolute Gasteiger partial charge is 0.469 e. The molecule has 0 aliphatic carbocycles. The Morgan fingerprint density at radius 3 is 2.85 bits per heavy atom. The van der Waals surface area contributed by atoms with E-state index in [4.69, 9.17) is 0 Å². The predicted molar refractivity (Wildman–Crippen MR) is 47.1 cm³/mol. The summed E-state index contributed by atoms with van der Waals surface area (Å²) in [6.45, 7) is 0.817. The standard InChI is InChI=1S/C7H13NO4S/c1-12-7(9)4-6-5-8-2-3-13(6,10)11/h6,8H,2-5H2,1H3. The molecule has 0 bridgehead atoms. The van der Waals surface area contributed by atoms with Gasteiger partial charge in [-0.15, -0.1) is 0 Å². The second-order valence-electron chi connectivity index (χ2n) is 2.97. The molecule has 1 N–H and O–H groups in total. The number of carbonyl (C=O) groups excluding carboxylic acids is 1. The van der Waals surface area contributed by atoms with E-state index >= 15 is 0 Å². The zero-order valence-electron chi connectivity index (χ0n) is 7.45. The van der Waals surface area contributed by atoms with Crippen LogP contribution in [0.5, 0.6) is 0 Å². The van der Waals surface area contributed by atoms with E-state index in [1.54, 1.807) is 0 Å². The van der Waals surface area contributed by atoms with Crippen LogP contribution in [0, 0.1) is 0 Å². The number of rotatable bonds is 2. The van der Waals surface area contributed by atoms with E-state index in [2.05, 4.69) is 10.1 Å². The van der Waals surface area contributed by atoms with Gasteiger partial charge in [0.15, 0.2) is 9.84 Å². The molecule has 0 radical (unpaired) electrons. The van der Waals surface area contributed by atoms with Crippen molar-refractivity contribution in [2.75, 3.05) is 26.0 Å². The summed E-state index contributed by atoms with van der Waals surface area (Å²) < 4.78 is 27.2. The van der Waals surface area contributed by atoms with Crippen molar-refractivity contribution in [1.29, 1.82) is 0 Å². The molecule has 0 amide bonds. The van der Waals surface area contributed by atoms with Gasteiger partial charge in [0.05, 0.1) is 24.5 Å². The minimum absolute atomic E-state index is 0.0498. The van der Waals surface area contributed by atoms with Gasteiger partial charge in [0.25, 0.3) is 0 Å². The summed E-state index contributed by atoms with van der Waals surface area (Å²) in [4.78, 5) is 10.9. The molecule has 6 heteroatoms. The second-order valence-corrected chi connectivity index (χ2v) is 5.37. The molecule has 76 valence electrons. The number of nitrogens with one attached hydrogen (secondary N) is 1. The zero-order valence-corrected chi connectivity index (χ0v) is 8.26. The molecule has 1 atom stereocenters. The number of methoxy groups -OCH3 is 1. The summed E-state index contributed by atoms with van der Waals surface area (Å²) in [5.74, 6) is -0.369. The van der Waals surface area contributed by atoms with Gasteiger partial charge in [-0.25, -0.2) is 8.42 Å².